The lowest BCUT2D eigenvalue weighted by Crippen LogP contribution is -2.29. The van der Waals surface area contributed by atoms with Crippen molar-refractivity contribution in [1.29, 1.82) is 0 Å². The second kappa shape index (κ2) is 5.62. The molecule has 0 heterocycles. The topological polar surface area (TPSA) is 38.0 Å². The maximum Gasteiger partial charge on any atom is 0.0500 e. The van der Waals surface area contributed by atoms with E-state index in [0.717, 1.165) is 6.42 Å². The van der Waals surface area contributed by atoms with Crippen molar-refractivity contribution in [1.82, 2.24) is 5.43 Å². The van der Waals surface area contributed by atoms with Gasteiger partial charge in [-0.2, -0.15) is 0 Å². The van der Waals surface area contributed by atoms with Crippen LogP contribution in [0.4, 0.5) is 0 Å². The van der Waals surface area contributed by atoms with Crippen LogP contribution in [0.2, 0.25) is 0 Å². The van der Waals surface area contributed by atoms with Gasteiger partial charge in [0.1, 0.15) is 0 Å². The molecule has 2 nitrogen and oxygen atoms in total. The molecule has 2 rings (SSSR count). The van der Waals surface area contributed by atoms with Gasteiger partial charge in [0.2, 0.25) is 0 Å². The third-order valence-electron chi connectivity index (χ3n) is 2.96. The van der Waals surface area contributed by atoms with Gasteiger partial charge in [0.25, 0.3) is 0 Å². The van der Waals surface area contributed by atoms with E-state index in [-0.39, 0.29) is 6.04 Å². The second-order valence-electron chi connectivity index (χ2n) is 4.32. The number of hydrogen-bond acceptors (Lipinski definition) is 2. The van der Waals surface area contributed by atoms with Crippen LogP contribution in [-0.4, -0.2) is 0 Å². The van der Waals surface area contributed by atoms with Crippen LogP contribution in [0.1, 0.15) is 22.7 Å². The predicted molar refractivity (Wildman–Crippen MR) is 71.4 cm³/mol. The summed E-state index contributed by atoms with van der Waals surface area (Å²) in [5.74, 6) is 5.63. The fourth-order valence-corrected chi connectivity index (χ4v) is 1.92. The first-order valence-electron chi connectivity index (χ1n) is 5.86. The molecule has 2 heteroatoms. The summed E-state index contributed by atoms with van der Waals surface area (Å²) in [6.07, 6.45) is 0.904. The van der Waals surface area contributed by atoms with E-state index in [9.17, 15) is 0 Å². The van der Waals surface area contributed by atoms with E-state index < -0.39 is 0 Å². The van der Waals surface area contributed by atoms with Crippen molar-refractivity contribution in [2.45, 2.75) is 19.4 Å². The van der Waals surface area contributed by atoms with E-state index >= 15 is 0 Å². The number of nitrogens with two attached hydrogens (primary N) is 1. The zero-order chi connectivity index (χ0) is 12.1. The third-order valence-corrected chi connectivity index (χ3v) is 2.96. The highest BCUT2D eigenvalue weighted by atomic mass is 15.2. The summed E-state index contributed by atoms with van der Waals surface area (Å²) in [5, 5.41) is 0. The van der Waals surface area contributed by atoms with Gasteiger partial charge in [-0.1, -0.05) is 60.2 Å². The van der Waals surface area contributed by atoms with Crippen molar-refractivity contribution in [3.05, 3.63) is 71.3 Å². The van der Waals surface area contributed by atoms with Crippen molar-refractivity contribution in [3.63, 3.8) is 0 Å². The average molecular weight is 226 g/mol. The fourth-order valence-electron chi connectivity index (χ4n) is 1.92. The Labute approximate surface area is 102 Å². The van der Waals surface area contributed by atoms with Crippen LogP contribution in [0.15, 0.2) is 54.6 Å². The van der Waals surface area contributed by atoms with E-state index in [2.05, 4.69) is 48.7 Å². The molecule has 0 aliphatic heterocycles. The molecule has 0 aliphatic rings. The SMILES string of the molecule is Cc1ccc(CC(NN)c2ccccc2)cc1. The number of nitrogens with one attached hydrogen (secondary N) is 1. The highest BCUT2D eigenvalue weighted by molar-refractivity contribution is 5.25. The Morgan fingerprint density at radius 3 is 2.24 bits per heavy atom. The molecular formula is C15H18N2. The summed E-state index contributed by atoms with van der Waals surface area (Å²) >= 11 is 0. The van der Waals surface area contributed by atoms with Crippen molar-refractivity contribution in [2.24, 2.45) is 5.84 Å². The molecule has 0 amide bonds. The molecule has 0 saturated carbocycles. The van der Waals surface area contributed by atoms with Crippen LogP contribution in [0.3, 0.4) is 0 Å². The molecule has 88 valence electrons. The molecule has 17 heavy (non-hydrogen) atoms. The predicted octanol–water partition coefficient (Wildman–Crippen LogP) is 2.74. The average Bonchev–Trinajstić information content (AvgIpc) is 2.39. The Morgan fingerprint density at radius 1 is 1.00 bits per heavy atom. The Kier molecular flexibility index (Phi) is 3.91. The first kappa shape index (κ1) is 11.8. The highest BCUT2D eigenvalue weighted by Crippen LogP contribution is 2.17. The normalized spacial score (nSPS) is 12.4. The second-order valence-corrected chi connectivity index (χ2v) is 4.32. The highest BCUT2D eigenvalue weighted by Gasteiger charge is 2.09. The van der Waals surface area contributed by atoms with Crippen molar-refractivity contribution >= 4 is 0 Å². The van der Waals surface area contributed by atoms with E-state index in [1.165, 1.54) is 16.7 Å². The molecule has 2 aromatic carbocycles. The standard InChI is InChI=1S/C15H18N2/c1-12-7-9-13(10-8-12)11-15(17-16)14-5-3-2-4-6-14/h2-10,15,17H,11,16H2,1H3. The lowest BCUT2D eigenvalue weighted by atomic mass is 9.99. The first-order valence-corrected chi connectivity index (χ1v) is 5.86. The quantitative estimate of drug-likeness (QED) is 0.621. The zero-order valence-corrected chi connectivity index (χ0v) is 10.1. The minimum absolute atomic E-state index is 0.166. The number of hydrazine groups is 1. The van der Waals surface area contributed by atoms with Gasteiger partial charge in [-0.05, 0) is 24.5 Å². The van der Waals surface area contributed by atoms with Crippen LogP contribution in [0.5, 0.6) is 0 Å². The lowest BCUT2D eigenvalue weighted by Gasteiger charge is -2.16. The van der Waals surface area contributed by atoms with Crippen LogP contribution in [0, 0.1) is 6.92 Å². The minimum atomic E-state index is 0.166. The van der Waals surface area contributed by atoms with Gasteiger partial charge in [0.05, 0.1) is 0 Å². The largest absolute Gasteiger partial charge is 0.271 e. The van der Waals surface area contributed by atoms with Gasteiger partial charge in [0.15, 0.2) is 0 Å². The summed E-state index contributed by atoms with van der Waals surface area (Å²) in [7, 11) is 0. The fraction of sp³-hybridized carbons (Fsp3) is 0.200. The number of aryl methyl sites for hydroxylation is 1. The Balaban J connectivity index is 2.13. The Morgan fingerprint density at radius 2 is 1.65 bits per heavy atom. The monoisotopic (exact) mass is 226 g/mol. The van der Waals surface area contributed by atoms with E-state index in [1.807, 2.05) is 18.2 Å². The maximum atomic E-state index is 5.63. The van der Waals surface area contributed by atoms with Gasteiger partial charge in [-0.3, -0.25) is 11.3 Å². The van der Waals surface area contributed by atoms with Crippen LogP contribution >= 0.6 is 0 Å². The van der Waals surface area contributed by atoms with Gasteiger partial charge >= 0.3 is 0 Å². The molecule has 0 aromatic heterocycles. The summed E-state index contributed by atoms with van der Waals surface area (Å²) in [6.45, 7) is 2.10. The van der Waals surface area contributed by atoms with E-state index in [0.29, 0.717) is 0 Å². The molecule has 0 saturated heterocycles. The molecule has 2 aromatic rings. The van der Waals surface area contributed by atoms with E-state index in [1.54, 1.807) is 0 Å². The van der Waals surface area contributed by atoms with Crippen LogP contribution in [-0.2, 0) is 6.42 Å². The molecular weight excluding hydrogens is 208 g/mol. The summed E-state index contributed by atoms with van der Waals surface area (Å²) in [4.78, 5) is 0. The van der Waals surface area contributed by atoms with Crippen molar-refractivity contribution in [3.8, 4) is 0 Å². The van der Waals surface area contributed by atoms with E-state index in [4.69, 9.17) is 5.84 Å². The minimum Gasteiger partial charge on any atom is -0.271 e. The van der Waals surface area contributed by atoms with Crippen LogP contribution in [0.25, 0.3) is 0 Å². The number of hydrogen-bond donors (Lipinski definition) is 2. The van der Waals surface area contributed by atoms with Crippen molar-refractivity contribution < 1.29 is 0 Å². The summed E-state index contributed by atoms with van der Waals surface area (Å²) in [6, 6.07) is 19.0. The molecule has 3 N–H and O–H groups in total. The number of benzene rings is 2. The van der Waals surface area contributed by atoms with Gasteiger partial charge in [-0.15, -0.1) is 0 Å². The van der Waals surface area contributed by atoms with Gasteiger partial charge in [0, 0.05) is 6.04 Å². The molecule has 0 radical (unpaired) electrons. The third kappa shape index (κ3) is 3.16. The number of rotatable bonds is 4. The summed E-state index contributed by atoms with van der Waals surface area (Å²) < 4.78 is 0. The Bertz CT molecular complexity index is 448. The van der Waals surface area contributed by atoms with Crippen LogP contribution < -0.4 is 11.3 Å². The molecule has 0 bridgehead atoms. The Hall–Kier alpha value is -1.64. The molecule has 0 fully saturated rings. The first-order chi connectivity index (χ1) is 8.29. The van der Waals surface area contributed by atoms with Gasteiger partial charge < -0.3 is 0 Å². The summed E-state index contributed by atoms with van der Waals surface area (Å²) in [5.41, 5.74) is 6.68. The molecule has 1 atom stereocenters. The molecule has 0 aliphatic carbocycles. The van der Waals surface area contributed by atoms with Crippen molar-refractivity contribution in [2.75, 3.05) is 0 Å². The maximum absolute atomic E-state index is 5.63. The zero-order valence-electron chi connectivity index (χ0n) is 10.1. The van der Waals surface area contributed by atoms with Gasteiger partial charge in [-0.25, -0.2) is 0 Å². The smallest absolute Gasteiger partial charge is 0.0500 e. The molecule has 0 spiro atoms. The molecule has 1 unspecified atom stereocenters. The lowest BCUT2D eigenvalue weighted by molar-refractivity contribution is 0.552.